The highest BCUT2D eigenvalue weighted by Crippen LogP contribution is 2.28. The first-order valence-corrected chi connectivity index (χ1v) is 7.46. The highest BCUT2D eigenvalue weighted by Gasteiger charge is 2.15. The zero-order valence-corrected chi connectivity index (χ0v) is 11.1. The van der Waals surface area contributed by atoms with E-state index in [-0.39, 0.29) is 0 Å². The normalized spacial score (nSPS) is 20.4. The third-order valence-corrected chi connectivity index (χ3v) is 5.14. The van der Waals surface area contributed by atoms with E-state index in [0.717, 1.165) is 11.7 Å². The second-order valence-electron chi connectivity index (χ2n) is 3.62. The molecule has 0 radical (unpaired) electrons. The number of nitrogens with zero attached hydrogens (tertiary/aromatic N) is 2. The Kier molecular flexibility index (Phi) is 4.33. The lowest BCUT2D eigenvalue weighted by Gasteiger charge is -2.21. The number of anilines is 1. The zero-order chi connectivity index (χ0) is 11.4. The number of rotatable bonds is 3. The van der Waals surface area contributed by atoms with Crippen LogP contribution >= 0.6 is 34.7 Å². The van der Waals surface area contributed by atoms with Crippen LogP contribution < -0.4 is 5.32 Å². The Morgan fingerprint density at radius 2 is 2.44 bits per heavy atom. The zero-order valence-electron chi connectivity index (χ0n) is 8.70. The molecule has 0 aliphatic carbocycles. The molecule has 16 heavy (non-hydrogen) atoms. The molecule has 1 unspecified atom stereocenters. The number of hydrogen-bond donors (Lipinski definition) is 1. The van der Waals surface area contributed by atoms with Gasteiger partial charge in [-0.15, -0.1) is 0 Å². The van der Waals surface area contributed by atoms with Crippen LogP contribution in [-0.4, -0.2) is 22.5 Å². The van der Waals surface area contributed by atoms with Crippen molar-refractivity contribution >= 4 is 39.8 Å². The maximum Gasteiger partial charge on any atom is 0.185 e. The topological polar surface area (TPSA) is 48.7 Å². The minimum atomic E-state index is 0.311. The van der Waals surface area contributed by atoms with Crippen LogP contribution in [0.5, 0.6) is 0 Å². The van der Waals surface area contributed by atoms with Crippen LogP contribution in [0, 0.1) is 11.3 Å². The number of halogens is 1. The lowest BCUT2D eigenvalue weighted by atomic mass is 10.2. The molecular weight excluding hydrogens is 262 g/mol. The van der Waals surface area contributed by atoms with Crippen molar-refractivity contribution in [1.82, 2.24) is 4.98 Å². The van der Waals surface area contributed by atoms with E-state index in [4.69, 9.17) is 16.9 Å². The van der Waals surface area contributed by atoms with Crippen LogP contribution in [0.4, 0.5) is 5.13 Å². The molecule has 1 fully saturated rings. The Bertz CT molecular complexity index is 393. The first-order chi connectivity index (χ1) is 7.79. The highest BCUT2D eigenvalue weighted by molar-refractivity contribution is 7.99. The van der Waals surface area contributed by atoms with E-state index in [0.29, 0.717) is 15.3 Å². The van der Waals surface area contributed by atoms with Gasteiger partial charge in [-0.1, -0.05) is 29.4 Å². The summed E-state index contributed by atoms with van der Waals surface area (Å²) in [5.74, 6) is 1.26. The lowest BCUT2D eigenvalue weighted by Crippen LogP contribution is -2.19. The maximum absolute atomic E-state index is 8.75. The second kappa shape index (κ2) is 5.76. The molecule has 0 bridgehead atoms. The fraction of sp³-hybridized carbons (Fsp3) is 0.600. The molecule has 1 saturated heterocycles. The van der Waals surface area contributed by atoms with E-state index in [2.05, 4.69) is 10.3 Å². The Hall–Kier alpha value is -0.440. The van der Waals surface area contributed by atoms with Crippen LogP contribution in [-0.2, 0) is 0 Å². The molecule has 1 atom stereocenters. The van der Waals surface area contributed by atoms with E-state index in [1.54, 1.807) is 0 Å². The lowest BCUT2D eigenvalue weighted by molar-refractivity contribution is 0.677. The smallest absolute Gasteiger partial charge is 0.185 e. The molecule has 3 nitrogen and oxygen atoms in total. The summed E-state index contributed by atoms with van der Waals surface area (Å²) in [5.41, 5.74) is 0. The molecule has 0 aromatic carbocycles. The van der Waals surface area contributed by atoms with Crippen molar-refractivity contribution in [3.8, 4) is 6.07 Å². The van der Waals surface area contributed by atoms with Gasteiger partial charge in [-0.2, -0.15) is 17.0 Å². The Labute approximate surface area is 108 Å². The summed E-state index contributed by atoms with van der Waals surface area (Å²) in [6, 6.07) is 2.03. The number of hydrogen-bond acceptors (Lipinski definition) is 5. The van der Waals surface area contributed by atoms with Gasteiger partial charge in [0.15, 0.2) is 10.3 Å². The fourth-order valence-electron chi connectivity index (χ4n) is 1.62. The van der Waals surface area contributed by atoms with Crippen LogP contribution in [0.15, 0.2) is 0 Å². The number of nitriles is 1. The fourth-order valence-corrected chi connectivity index (χ4v) is 3.81. The number of thiazole rings is 1. The highest BCUT2D eigenvalue weighted by atomic mass is 35.5. The third-order valence-electron chi connectivity index (χ3n) is 2.44. The monoisotopic (exact) mass is 273 g/mol. The summed E-state index contributed by atoms with van der Waals surface area (Å²) in [4.78, 5) is 4.59. The van der Waals surface area contributed by atoms with Crippen molar-refractivity contribution in [1.29, 1.82) is 5.26 Å². The minimum absolute atomic E-state index is 0.311. The van der Waals surface area contributed by atoms with Crippen molar-refractivity contribution < 1.29 is 0 Å². The first-order valence-electron chi connectivity index (χ1n) is 5.21. The summed E-state index contributed by atoms with van der Waals surface area (Å²) in [7, 11) is 0. The SMILES string of the molecule is N#Cc1sc(NCC2CCCCS2)nc1Cl. The average Bonchev–Trinajstić information content (AvgIpc) is 2.69. The molecule has 0 saturated carbocycles. The van der Waals surface area contributed by atoms with Crippen LogP contribution in [0.1, 0.15) is 24.1 Å². The van der Waals surface area contributed by atoms with Crippen molar-refractivity contribution in [2.75, 3.05) is 17.6 Å². The van der Waals surface area contributed by atoms with Crippen molar-refractivity contribution in [3.05, 3.63) is 10.0 Å². The molecular formula is C10H12ClN3S2. The van der Waals surface area contributed by atoms with E-state index >= 15 is 0 Å². The van der Waals surface area contributed by atoms with Gasteiger partial charge in [-0.05, 0) is 18.6 Å². The van der Waals surface area contributed by atoms with Crippen LogP contribution in [0.25, 0.3) is 0 Å². The van der Waals surface area contributed by atoms with Crippen LogP contribution in [0.2, 0.25) is 5.15 Å². The van der Waals surface area contributed by atoms with Gasteiger partial charge < -0.3 is 5.32 Å². The van der Waals surface area contributed by atoms with Gasteiger partial charge in [0.1, 0.15) is 10.9 Å². The average molecular weight is 274 g/mol. The largest absolute Gasteiger partial charge is 0.360 e. The molecule has 1 aromatic rings. The van der Waals surface area contributed by atoms with Gasteiger partial charge in [0, 0.05) is 11.8 Å². The molecule has 2 heterocycles. The first kappa shape index (κ1) is 12.0. The predicted octanol–water partition coefficient (Wildman–Crippen LogP) is 3.37. The summed E-state index contributed by atoms with van der Waals surface area (Å²) >= 11 is 9.14. The number of thioether (sulfide) groups is 1. The predicted molar refractivity (Wildman–Crippen MR) is 70.4 cm³/mol. The summed E-state index contributed by atoms with van der Waals surface area (Å²) in [5, 5.41) is 13.8. The number of nitrogens with one attached hydrogen (secondary N) is 1. The van der Waals surface area contributed by atoms with Crippen LogP contribution in [0.3, 0.4) is 0 Å². The van der Waals surface area contributed by atoms with Crippen molar-refractivity contribution in [3.63, 3.8) is 0 Å². The molecule has 1 aromatic heterocycles. The second-order valence-corrected chi connectivity index (χ2v) is 6.39. The van der Waals surface area contributed by atoms with Crippen molar-refractivity contribution in [2.45, 2.75) is 24.5 Å². The molecule has 2 rings (SSSR count). The van der Waals surface area contributed by atoms with E-state index in [1.807, 2.05) is 17.8 Å². The Balaban J connectivity index is 1.86. The quantitative estimate of drug-likeness (QED) is 0.917. The number of aromatic nitrogens is 1. The maximum atomic E-state index is 8.75. The third kappa shape index (κ3) is 3.03. The van der Waals surface area contributed by atoms with Gasteiger partial charge in [-0.25, -0.2) is 4.98 Å². The van der Waals surface area contributed by atoms with E-state index in [1.165, 1.54) is 36.4 Å². The van der Waals surface area contributed by atoms with Crippen molar-refractivity contribution in [2.24, 2.45) is 0 Å². The standard InChI is InChI=1S/C10H12ClN3S2/c11-9-8(5-12)16-10(14-9)13-6-7-3-1-2-4-15-7/h7H,1-4,6H2,(H,13,14). The molecule has 1 N–H and O–H groups in total. The molecule has 0 spiro atoms. The summed E-state index contributed by atoms with van der Waals surface area (Å²) in [6.45, 7) is 0.916. The summed E-state index contributed by atoms with van der Waals surface area (Å²) < 4.78 is 0. The van der Waals surface area contributed by atoms with E-state index < -0.39 is 0 Å². The Morgan fingerprint density at radius 3 is 3.06 bits per heavy atom. The molecule has 1 aliphatic rings. The van der Waals surface area contributed by atoms with Gasteiger partial charge in [-0.3, -0.25) is 0 Å². The molecule has 6 heteroatoms. The van der Waals surface area contributed by atoms with Gasteiger partial charge >= 0.3 is 0 Å². The molecule has 1 aliphatic heterocycles. The summed E-state index contributed by atoms with van der Waals surface area (Å²) in [6.07, 6.45) is 3.92. The van der Waals surface area contributed by atoms with E-state index in [9.17, 15) is 0 Å². The Morgan fingerprint density at radius 1 is 1.56 bits per heavy atom. The molecule has 86 valence electrons. The minimum Gasteiger partial charge on any atom is -0.360 e. The molecule has 0 amide bonds. The van der Waals surface area contributed by atoms with Gasteiger partial charge in [0.05, 0.1) is 0 Å². The van der Waals surface area contributed by atoms with Gasteiger partial charge in [0.25, 0.3) is 0 Å². The van der Waals surface area contributed by atoms with Gasteiger partial charge in [0.2, 0.25) is 0 Å².